The zero-order valence-corrected chi connectivity index (χ0v) is 18.5. The van der Waals surface area contributed by atoms with Crippen molar-refractivity contribution < 1.29 is 9.53 Å². The number of rotatable bonds is 3. The molecule has 1 heterocycles. The van der Waals surface area contributed by atoms with E-state index in [1.165, 1.54) is 0 Å². The standard InChI is InChI=1S/C23H18BrCl2NO2/c24-20-13-19(26)12-17-8-11-21(16-6-9-18(25)10-7-16)27(22(17)20)23(28)29-14-15-4-2-1-3-5-15/h1-7,9-10,12-13,21H,8,11,14H2. The number of hydrogen-bond acceptors (Lipinski definition) is 2. The molecule has 29 heavy (non-hydrogen) atoms. The van der Waals surface area contributed by atoms with Gasteiger partial charge in [0.05, 0.1) is 11.7 Å². The van der Waals surface area contributed by atoms with Gasteiger partial charge in [0.2, 0.25) is 0 Å². The molecule has 1 unspecified atom stereocenters. The Morgan fingerprint density at radius 3 is 2.48 bits per heavy atom. The highest BCUT2D eigenvalue weighted by molar-refractivity contribution is 9.10. The first kappa shape index (κ1) is 20.3. The number of nitrogens with zero attached hydrogens (tertiary/aromatic N) is 1. The Kier molecular flexibility index (Phi) is 6.14. The fourth-order valence-corrected chi connectivity index (χ4v) is 4.86. The monoisotopic (exact) mass is 489 g/mol. The fraction of sp³-hybridized carbons (Fsp3) is 0.174. The number of benzene rings is 3. The Morgan fingerprint density at radius 1 is 1.03 bits per heavy atom. The third kappa shape index (κ3) is 4.45. The van der Waals surface area contributed by atoms with E-state index in [-0.39, 0.29) is 12.6 Å². The fourth-order valence-electron chi connectivity index (χ4n) is 3.66. The SMILES string of the molecule is O=C(OCc1ccccc1)N1c2c(Br)cc(Cl)cc2CCC1c1ccc(Cl)cc1. The van der Waals surface area contributed by atoms with Gasteiger partial charge < -0.3 is 4.74 Å². The molecule has 0 aliphatic carbocycles. The lowest BCUT2D eigenvalue weighted by Crippen LogP contribution is -2.39. The van der Waals surface area contributed by atoms with Crippen molar-refractivity contribution in [2.45, 2.75) is 25.5 Å². The maximum Gasteiger partial charge on any atom is 0.415 e. The van der Waals surface area contributed by atoms with Crippen molar-refractivity contribution in [3.05, 3.63) is 97.9 Å². The van der Waals surface area contributed by atoms with Crippen LogP contribution in [-0.2, 0) is 17.8 Å². The second-order valence-corrected chi connectivity index (χ2v) is 8.64. The van der Waals surface area contributed by atoms with Crippen LogP contribution in [0.25, 0.3) is 0 Å². The average molecular weight is 491 g/mol. The number of carbonyl (C=O) groups is 1. The number of halogens is 3. The van der Waals surface area contributed by atoms with Crippen molar-refractivity contribution in [3.63, 3.8) is 0 Å². The summed E-state index contributed by atoms with van der Waals surface area (Å²) in [5, 5.41) is 1.30. The second-order valence-electron chi connectivity index (χ2n) is 6.91. The minimum absolute atomic E-state index is 0.152. The molecule has 1 amide bonds. The molecule has 1 atom stereocenters. The van der Waals surface area contributed by atoms with Crippen molar-refractivity contribution >= 4 is 50.9 Å². The highest BCUT2D eigenvalue weighted by atomic mass is 79.9. The van der Waals surface area contributed by atoms with Crippen molar-refractivity contribution in [3.8, 4) is 0 Å². The molecule has 148 valence electrons. The van der Waals surface area contributed by atoms with Gasteiger partial charge in [0.25, 0.3) is 0 Å². The zero-order valence-electron chi connectivity index (χ0n) is 15.4. The van der Waals surface area contributed by atoms with E-state index in [0.29, 0.717) is 10.0 Å². The Hall–Kier alpha value is -2.01. The first-order chi connectivity index (χ1) is 14.0. The van der Waals surface area contributed by atoms with Gasteiger partial charge in [0.1, 0.15) is 6.61 Å². The molecule has 1 aliphatic rings. The summed E-state index contributed by atoms with van der Waals surface area (Å²) in [5.74, 6) is 0. The summed E-state index contributed by atoms with van der Waals surface area (Å²) in [4.78, 5) is 15.0. The van der Waals surface area contributed by atoms with E-state index in [0.717, 1.165) is 39.7 Å². The largest absolute Gasteiger partial charge is 0.444 e. The molecule has 3 aromatic rings. The third-order valence-corrected chi connectivity index (χ3v) is 6.08. The number of carbonyl (C=O) groups excluding carboxylic acids is 1. The summed E-state index contributed by atoms with van der Waals surface area (Å²) in [6.45, 7) is 0.212. The van der Waals surface area contributed by atoms with Crippen LogP contribution in [0.4, 0.5) is 10.5 Å². The molecule has 0 aromatic heterocycles. The summed E-state index contributed by atoms with van der Waals surface area (Å²) >= 11 is 15.9. The molecule has 0 saturated carbocycles. The predicted molar refractivity (Wildman–Crippen MR) is 121 cm³/mol. The third-order valence-electron chi connectivity index (χ3n) is 5.00. The van der Waals surface area contributed by atoms with E-state index in [2.05, 4.69) is 15.9 Å². The van der Waals surface area contributed by atoms with E-state index in [4.69, 9.17) is 27.9 Å². The molecule has 0 radical (unpaired) electrons. The van der Waals surface area contributed by atoms with Crippen LogP contribution in [0.3, 0.4) is 0 Å². The van der Waals surface area contributed by atoms with E-state index < -0.39 is 6.09 Å². The van der Waals surface area contributed by atoms with Crippen LogP contribution >= 0.6 is 39.1 Å². The molecule has 1 aliphatic heterocycles. The van der Waals surface area contributed by atoms with E-state index in [1.807, 2.05) is 66.7 Å². The van der Waals surface area contributed by atoms with Crippen LogP contribution in [0, 0.1) is 0 Å². The van der Waals surface area contributed by atoms with Gasteiger partial charge in [-0.3, -0.25) is 4.90 Å². The normalized spacial score (nSPS) is 15.7. The smallest absolute Gasteiger partial charge is 0.415 e. The van der Waals surface area contributed by atoms with Crippen LogP contribution in [0.5, 0.6) is 0 Å². The molecule has 0 bridgehead atoms. The van der Waals surface area contributed by atoms with E-state index in [1.54, 1.807) is 4.90 Å². The van der Waals surface area contributed by atoms with Gasteiger partial charge in [-0.2, -0.15) is 0 Å². The van der Waals surface area contributed by atoms with Gasteiger partial charge in [-0.25, -0.2) is 4.79 Å². The Balaban J connectivity index is 1.70. The van der Waals surface area contributed by atoms with Crippen LogP contribution < -0.4 is 4.90 Å². The van der Waals surface area contributed by atoms with Crippen molar-refractivity contribution in [2.24, 2.45) is 0 Å². The lowest BCUT2D eigenvalue weighted by molar-refractivity contribution is 0.143. The molecule has 3 nitrogen and oxygen atoms in total. The van der Waals surface area contributed by atoms with Crippen LogP contribution in [0.15, 0.2) is 71.2 Å². The van der Waals surface area contributed by atoms with Crippen LogP contribution in [0.2, 0.25) is 10.0 Å². The number of fused-ring (bicyclic) bond motifs is 1. The highest BCUT2D eigenvalue weighted by Gasteiger charge is 2.35. The summed E-state index contributed by atoms with van der Waals surface area (Å²) in [6.07, 6.45) is 1.18. The van der Waals surface area contributed by atoms with Gasteiger partial charge in [-0.1, -0.05) is 65.7 Å². The number of hydrogen-bond donors (Lipinski definition) is 0. The maximum absolute atomic E-state index is 13.2. The molecule has 0 saturated heterocycles. The average Bonchev–Trinajstić information content (AvgIpc) is 2.72. The maximum atomic E-state index is 13.2. The molecular weight excluding hydrogens is 473 g/mol. The quantitative estimate of drug-likeness (QED) is 0.378. The van der Waals surface area contributed by atoms with Crippen molar-refractivity contribution in [1.82, 2.24) is 0 Å². The molecule has 0 spiro atoms. The van der Waals surface area contributed by atoms with E-state index >= 15 is 0 Å². The molecular formula is C23H18BrCl2NO2. The Bertz CT molecular complexity index is 1030. The van der Waals surface area contributed by atoms with Gasteiger partial charge in [0.15, 0.2) is 0 Å². The summed E-state index contributed by atoms with van der Waals surface area (Å²) in [5.41, 5.74) is 3.78. The first-order valence-corrected chi connectivity index (χ1v) is 10.8. The minimum Gasteiger partial charge on any atom is -0.444 e. The van der Waals surface area contributed by atoms with Crippen LogP contribution in [0.1, 0.15) is 29.2 Å². The molecule has 6 heteroatoms. The lowest BCUT2D eigenvalue weighted by atomic mass is 9.91. The first-order valence-electron chi connectivity index (χ1n) is 9.26. The highest BCUT2D eigenvalue weighted by Crippen LogP contribution is 2.44. The zero-order chi connectivity index (χ0) is 20.4. The van der Waals surface area contributed by atoms with E-state index in [9.17, 15) is 4.79 Å². The van der Waals surface area contributed by atoms with Gasteiger partial charge in [-0.05, 0) is 69.7 Å². The molecule has 4 rings (SSSR count). The Morgan fingerprint density at radius 2 is 1.76 bits per heavy atom. The number of anilines is 1. The van der Waals surface area contributed by atoms with Gasteiger partial charge >= 0.3 is 6.09 Å². The summed E-state index contributed by atoms with van der Waals surface area (Å²) < 4.78 is 6.47. The second kappa shape index (κ2) is 8.78. The molecule has 3 aromatic carbocycles. The van der Waals surface area contributed by atoms with Gasteiger partial charge in [0, 0.05) is 14.5 Å². The molecule has 0 N–H and O–H groups in total. The van der Waals surface area contributed by atoms with Crippen molar-refractivity contribution in [1.29, 1.82) is 0 Å². The van der Waals surface area contributed by atoms with Gasteiger partial charge in [-0.15, -0.1) is 0 Å². The summed E-state index contributed by atoms with van der Waals surface area (Å²) in [6, 6.07) is 20.8. The molecule has 0 fully saturated rings. The van der Waals surface area contributed by atoms with Crippen molar-refractivity contribution in [2.75, 3.05) is 4.90 Å². The lowest BCUT2D eigenvalue weighted by Gasteiger charge is -2.37. The number of aryl methyl sites for hydroxylation is 1. The van der Waals surface area contributed by atoms with Crippen LogP contribution in [-0.4, -0.2) is 6.09 Å². The predicted octanol–water partition coefficient (Wildman–Crippen LogP) is 7.59. The summed E-state index contributed by atoms with van der Waals surface area (Å²) in [7, 11) is 0. The topological polar surface area (TPSA) is 29.5 Å². The minimum atomic E-state index is -0.391. The Labute approximate surface area is 188 Å². The number of amides is 1. The number of ether oxygens (including phenoxy) is 1.